The first-order valence-corrected chi connectivity index (χ1v) is 13.2. The Kier molecular flexibility index (Phi) is 7.08. The number of ether oxygens (including phenoxy) is 1. The van der Waals surface area contributed by atoms with E-state index in [-0.39, 0.29) is 0 Å². The van der Waals surface area contributed by atoms with E-state index in [2.05, 4.69) is 34.2 Å². The van der Waals surface area contributed by atoms with Crippen molar-refractivity contribution in [1.29, 1.82) is 0 Å². The van der Waals surface area contributed by atoms with Crippen molar-refractivity contribution in [1.82, 2.24) is 14.8 Å². The zero-order valence-corrected chi connectivity index (χ0v) is 19.7. The zero-order valence-electron chi connectivity index (χ0n) is 18.9. The van der Waals surface area contributed by atoms with E-state index in [1.54, 1.807) is 11.3 Å². The topological polar surface area (TPSA) is 41.7 Å². The van der Waals surface area contributed by atoms with Gasteiger partial charge in [-0.15, -0.1) is 11.3 Å². The summed E-state index contributed by atoms with van der Waals surface area (Å²) in [5.74, 6) is 2.50. The van der Waals surface area contributed by atoms with Crippen LogP contribution in [0.4, 0.5) is 0 Å². The van der Waals surface area contributed by atoms with Crippen LogP contribution in [0.5, 0.6) is 0 Å². The molecule has 0 aromatic carbocycles. The van der Waals surface area contributed by atoms with Crippen molar-refractivity contribution in [3.63, 3.8) is 0 Å². The summed E-state index contributed by atoms with van der Waals surface area (Å²) in [5.41, 5.74) is 1.09. The van der Waals surface area contributed by atoms with Gasteiger partial charge < -0.3 is 14.1 Å². The summed E-state index contributed by atoms with van der Waals surface area (Å²) in [5, 5.41) is 2.08. The van der Waals surface area contributed by atoms with Gasteiger partial charge in [-0.2, -0.15) is 0 Å². The molecule has 0 spiro atoms. The van der Waals surface area contributed by atoms with E-state index in [0.29, 0.717) is 6.10 Å². The molecule has 5 nitrogen and oxygen atoms in total. The van der Waals surface area contributed by atoms with Gasteiger partial charge in [0.15, 0.2) is 0 Å². The molecule has 2 aromatic heterocycles. The smallest absolute Gasteiger partial charge is 0.236 e. The molecule has 2 aliphatic heterocycles. The highest BCUT2D eigenvalue weighted by molar-refractivity contribution is 7.13. The molecule has 170 valence electrons. The second-order valence-corrected chi connectivity index (χ2v) is 10.7. The molecule has 6 heteroatoms. The number of nitrogens with zero attached hydrogens (tertiary/aromatic N) is 3. The number of hydrogen-bond donors (Lipinski definition) is 0. The summed E-state index contributed by atoms with van der Waals surface area (Å²) in [4.78, 5) is 11.4. The second kappa shape index (κ2) is 10.2. The standard InChI is InChI=1S/C25H37N3O2S/c1-19-23(26-25(30-19)24-9-5-15-31-24)18-27(17-22-8-4-14-29-22)16-20-10-12-28(13-11-20)21-6-2-3-7-21/h5,9,15,20-22H,2-4,6-8,10-14,16-18H2,1H3/t22-/m0/s1. The van der Waals surface area contributed by atoms with Crippen LogP contribution in [0.25, 0.3) is 10.8 Å². The minimum atomic E-state index is 0.377. The van der Waals surface area contributed by atoms with Gasteiger partial charge in [-0.1, -0.05) is 18.9 Å². The number of hydrogen-bond acceptors (Lipinski definition) is 6. The minimum absolute atomic E-state index is 0.377. The third-order valence-corrected chi connectivity index (χ3v) is 8.35. The molecule has 1 aliphatic carbocycles. The van der Waals surface area contributed by atoms with Crippen molar-refractivity contribution in [3.05, 3.63) is 29.0 Å². The van der Waals surface area contributed by atoms with Crippen LogP contribution < -0.4 is 0 Å². The van der Waals surface area contributed by atoms with E-state index in [1.165, 1.54) is 64.5 Å². The van der Waals surface area contributed by atoms with Gasteiger partial charge in [-0.25, -0.2) is 4.98 Å². The van der Waals surface area contributed by atoms with Crippen LogP contribution in [0.3, 0.4) is 0 Å². The SMILES string of the molecule is Cc1oc(-c2cccs2)nc1CN(CC1CCN(C2CCCC2)CC1)C[C@@H]1CCCO1. The number of aryl methyl sites for hydroxylation is 1. The Morgan fingerprint density at radius 1 is 1.10 bits per heavy atom. The van der Waals surface area contributed by atoms with Gasteiger partial charge in [-0.3, -0.25) is 4.90 Å². The van der Waals surface area contributed by atoms with Crippen LogP contribution in [0.15, 0.2) is 21.9 Å². The van der Waals surface area contributed by atoms with E-state index >= 15 is 0 Å². The lowest BCUT2D eigenvalue weighted by Gasteiger charge is -2.38. The molecule has 1 atom stereocenters. The first kappa shape index (κ1) is 21.6. The highest BCUT2D eigenvalue weighted by Crippen LogP contribution is 2.30. The molecule has 1 saturated carbocycles. The van der Waals surface area contributed by atoms with Crippen LogP contribution in [-0.4, -0.2) is 59.7 Å². The predicted molar refractivity (Wildman–Crippen MR) is 125 cm³/mol. The van der Waals surface area contributed by atoms with E-state index < -0.39 is 0 Å². The molecule has 0 unspecified atom stereocenters. The maximum absolute atomic E-state index is 6.03. The average molecular weight is 444 g/mol. The van der Waals surface area contributed by atoms with Crippen molar-refractivity contribution >= 4 is 11.3 Å². The molecule has 0 radical (unpaired) electrons. The number of aromatic nitrogens is 1. The fourth-order valence-electron chi connectivity index (χ4n) is 5.71. The van der Waals surface area contributed by atoms with Crippen LogP contribution in [0.2, 0.25) is 0 Å². The molecule has 0 N–H and O–H groups in total. The Morgan fingerprint density at radius 3 is 2.65 bits per heavy atom. The number of rotatable bonds is 8. The molecular weight excluding hydrogens is 406 g/mol. The van der Waals surface area contributed by atoms with Crippen LogP contribution in [0, 0.1) is 12.8 Å². The number of oxazole rings is 1. The Bertz CT molecular complexity index is 801. The third-order valence-electron chi connectivity index (χ3n) is 7.49. The monoisotopic (exact) mass is 443 g/mol. The fourth-order valence-corrected chi connectivity index (χ4v) is 6.36. The predicted octanol–water partition coefficient (Wildman–Crippen LogP) is 5.35. The number of likely N-dealkylation sites (tertiary alicyclic amines) is 1. The van der Waals surface area contributed by atoms with Crippen LogP contribution in [0.1, 0.15) is 62.8 Å². The van der Waals surface area contributed by atoms with E-state index in [4.69, 9.17) is 14.1 Å². The molecule has 3 aliphatic rings. The molecule has 5 rings (SSSR count). The Morgan fingerprint density at radius 2 is 1.94 bits per heavy atom. The molecule has 31 heavy (non-hydrogen) atoms. The Balaban J connectivity index is 1.22. The van der Waals surface area contributed by atoms with Crippen molar-refractivity contribution in [3.8, 4) is 10.8 Å². The maximum atomic E-state index is 6.03. The van der Waals surface area contributed by atoms with Gasteiger partial charge in [0.05, 0.1) is 16.7 Å². The molecule has 0 amide bonds. The fraction of sp³-hybridized carbons (Fsp3) is 0.720. The summed E-state index contributed by atoms with van der Waals surface area (Å²) in [6, 6.07) is 5.01. The van der Waals surface area contributed by atoms with Gasteiger partial charge in [0, 0.05) is 32.3 Å². The molecule has 3 fully saturated rings. The molecule has 4 heterocycles. The van der Waals surface area contributed by atoms with Crippen molar-refractivity contribution < 1.29 is 9.15 Å². The Hall–Kier alpha value is -1.21. The summed E-state index contributed by atoms with van der Waals surface area (Å²) < 4.78 is 12.0. The summed E-state index contributed by atoms with van der Waals surface area (Å²) >= 11 is 1.69. The summed E-state index contributed by atoms with van der Waals surface area (Å²) in [6.07, 6.45) is 11.1. The summed E-state index contributed by atoms with van der Waals surface area (Å²) in [7, 11) is 0. The second-order valence-electron chi connectivity index (χ2n) is 9.75. The highest BCUT2D eigenvalue weighted by Gasteiger charge is 2.29. The lowest BCUT2D eigenvalue weighted by atomic mass is 9.94. The zero-order chi connectivity index (χ0) is 21.0. The van der Waals surface area contributed by atoms with Gasteiger partial charge in [0.2, 0.25) is 5.89 Å². The van der Waals surface area contributed by atoms with Gasteiger partial charge >= 0.3 is 0 Å². The molecule has 2 saturated heterocycles. The quantitative estimate of drug-likeness (QED) is 0.550. The molecule has 2 aromatic rings. The Labute approximate surface area is 190 Å². The lowest BCUT2D eigenvalue weighted by molar-refractivity contribution is 0.0534. The highest BCUT2D eigenvalue weighted by atomic mass is 32.1. The number of piperidine rings is 1. The van der Waals surface area contributed by atoms with E-state index in [9.17, 15) is 0 Å². The maximum Gasteiger partial charge on any atom is 0.236 e. The average Bonchev–Trinajstić information content (AvgIpc) is 3.58. The van der Waals surface area contributed by atoms with E-state index in [0.717, 1.165) is 60.4 Å². The van der Waals surface area contributed by atoms with Gasteiger partial charge in [0.25, 0.3) is 0 Å². The minimum Gasteiger partial charge on any atom is -0.440 e. The first-order chi connectivity index (χ1) is 15.2. The van der Waals surface area contributed by atoms with Crippen molar-refractivity contribution in [2.24, 2.45) is 5.92 Å². The third kappa shape index (κ3) is 5.41. The normalized spacial score (nSPS) is 24.0. The van der Waals surface area contributed by atoms with Crippen LogP contribution in [-0.2, 0) is 11.3 Å². The van der Waals surface area contributed by atoms with Crippen molar-refractivity contribution in [2.75, 3.05) is 32.8 Å². The largest absolute Gasteiger partial charge is 0.440 e. The van der Waals surface area contributed by atoms with Gasteiger partial charge in [-0.05, 0) is 75.9 Å². The molecular formula is C25H37N3O2S. The van der Waals surface area contributed by atoms with Crippen LogP contribution >= 0.6 is 11.3 Å². The van der Waals surface area contributed by atoms with Crippen molar-refractivity contribution in [2.45, 2.75) is 77.0 Å². The number of thiophene rings is 1. The lowest BCUT2D eigenvalue weighted by Crippen LogP contribution is -2.43. The molecule has 0 bridgehead atoms. The first-order valence-electron chi connectivity index (χ1n) is 12.3. The summed E-state index contributed by atoms with van der Waals surface area (Å²) in [6.45, 7) is 8.59. The van der Waals surface area contributed by atoms with E-state index in [1.807, 2.05) is 0 Å². The van der Waals surface area contributed by atoms with Gasteiger partial charge in [0.1, 0.15) is 5.76 Å².